The molecule has 0 bridgehead atoms. The van der Waals surface area contributed by atoms with Gasteiger partial charge in [-0.15, -0.1) is 0 Å². The Bertz CT molecular complexity index is 693. The zero-order valence-corrected chi connectivity index (χ0v) is 15.6. The van der Waals surface area contributed by atoms with Crippen LogP contribution in [0.1, 0.15) is 30.9 Å². The maximum Gasteiger partial charge on any atom is 0.227 e. The number of ether oxygens (including phenoxy) is 1. The maximum absolute atomic E-state index is 12.6. The van der Waals surface area contributed by atoms with E-state index in [9.17, 15) is 13.2 Å². The summed E-state index contributed by atoms with van der Waals surface area (Å²) in [6.07, 6.45) is 1.47. The summed E-state index contributed by atoms with van der Waals surface area (Å²) in [6.45, 7) is 5.79. The molecule has 1 aliphatic heterocycles. The van der Waals surface area contributed by atoms with Gasteiger partial charge in [-0.3, -0.25) is 4.79 Å². The van der Waals surface area contributed by atoms with E-state index in [0.29, 0.717) is 37.8 Å². The van der Waals surface area contributed by atoms with Crippen LogP contribution in [0.15, 0.2) is 18.2 Å². The molecule has 1 heterocycles. The average molecular weight is 354 g/mol. The predicted octanol–water partition coefficient (Wildman–Crippen LogP) is 1.46. The van der Waals surface area contributed by atoms with Crippen LogP contribution in [0.4, 0.5) is 0 Å². The molecular formula is C17H26N2O4S. The molecule has 0 spiro atoms. The Kier molecular flexibility index (Phi) is 5.87. The standard InChI is InChI=1S/C17H26N2O4S/c1-13(2)14-5-6-16(23-3)15(11-14)12-17(20)18-7-9-19(10-8-18)24(4,21)22/h5-6,11,13H,7-10,12H2,1-4H3. The van der Waals surface area contributed by atoms with Crippen molar-refractivity contribution in [2.45, 2.75) is 26.2 Å². The first kappa shape index (κ1) is 18.7. The van der Waals surface area contributed by atoms with E-state index in [1.165, 1.54) is 16.1 Å². The molecule has 0 aliphatic carbocycles. The van der Waals surface area contributed by atoms with Crippen LogP contribution in [-0.2, 0) is 21.2 Å². The van der Waals surface area contributed by atoms with E-state index < -0.39 is 10.0 Å². The molecular weight excluding hydrogens is 328 g/mol. The number of nitrogens with zero attached hydrogens (tertiary/aromatic N) is 2. The molecule has 0 N–H and O–H groups in total. The summed E-state index contributed by atoms with van der Waals surface area (Å²) in [4.78, 5) is 14.3. The minimum Gasteiger partial charge on any atom is -0.496 e. The van der Waals surface area contributed by atoms with Gasteiger partial charge in [0.25, 0.3) is 0 Å². The molecule has 2 rings (SSSR count). The van der Waals surface area contributed by atoms with Crippen molar-refractivity contribution in [3.63, 3.8) is 0 Å². The van der Waals surface area contributed by atoms with Crippen LogP contribution in [0.3, 0.4) is 0 Å². The molecule has 0 unspecified atom stereocenters. The molecule has 134 valence electrons. The summed E-state index contributed by atoms with van der Waals surface area (Å²) in [6, 6.07) is 5.94. The number of sulfonamides is 1. The van der Waals surface area contributed by atoms with Crippen LogP contribution in [0.2, 0.25) is 0 Å². The normalized spacial score (nSPS) is 16.5. The number of carbonyl (C=O) groups excluding carboxylic acids is 1. The summed E-state index contributed by atoms with van der Waals surface area (Å²) < 4.78 is 29.9. The molecule has 24 heavy (non-hydrogen) atoms. The van der Waals surface area contributed by atoms with E-state index in [4.69, 9.17) is 4.74 Å². The number of benzene rings is 1. The predicted molar refractivity (Wildman–Crippen MR) is 93.8 cm³/mol. The molecule has 6 nitrogen and oxygen atoms in total. The third kappa shape index (κ3) is 4.48. The summed E-state index contributed by atoms with van der Waals surface area (Å²) in [5.41, 5.74) is 2.04. The topological polar surface area (TPSA) is 66.9 Å². The van der Waals surface area contributed by atoms with Gasteiger partial charge in [0.15, 0.2) is 0 Å². The Morgan fingerprint density at radius 2 is 1.83 bits per heavy atom. The third-order valence-electron chi connectivity index (χ3n) is 4.37. The minimum absolute atomic E-state index is 0.00218. The van der Waals surface area contributed by atoms with Gasteiger partial charge in [-0.25, -0.2) is 8.42 Å². The van der Waals surface area contributed by atoms with E-state index in [1.807, 2.05) is 18.2 Å². The van der Waals surface area contributed by atoms with Crippen LogP contribution >= 0.6 is 0 Å². The fourth-order valence-electron chi connectivity index (χ4n) is 2.84. The van der Waals surface area contributed by atoms with Crippen molar-refractivity contribution in [2.75, 3.05) is 39.5 Å². The highest BCUT2D eigenvalue weighted by molar-refractivity contribution is 7.88. The van der Waals surface area contributed by atoms with Crippen LogP contribution < -0.4 is 4.74 Å². The van der Waals surface area contributed by atoms with Crippen molar-refractivity contribution in [2.24, 2.45) is 0 Å². The SMILES string of the molecule is COc1ccc(C(C)C)cc1CC(=O)N1CCN(S(C)(=O)=O)CC1. The van der Waals surface area contributed by atoms with Crippen molar-refractivity contribution in [1.82, 2.24) is 9.21 Å². The third-order valence-corrected chi connectivity index (χ3v) is 5.68. The lowest BCUT2D eigenvalue weighted by atomic mass is 9.98. The molecule has 7 heteroatoms. The molecule has 1 saturated heterocycles. The maximum atomic E-state index is 12.6. The van der Waals surface area contributed by atoms with Gasteiger partial charge in [0.05, 0.1) is 19.8 Å². The fourth-order valence-corrected chi connectivity index (χ4v) is 3.67. The Labute approximate surface area is 144 Å². The van der Waals surface area contributed by atoms with Gasteiger partial charge in [-0.1, -0.05) is 26.0 Å². The van der Waals surface area contributed by atoms with Crippen LogP contribution in [0.25, 0.3) is 0 Å². The first-order valence-corrected chi connectivity index (χ1v) is 9.97. The lowest BCUT2D eigenvalue weighted by Gasteiger charge is -2.33. The second-order valence-corrected chi connectivity index (χ2v) is 8.43. The van der Waals surface area contributed by atoms with Crippen molar-refractivity contribution in [1.29, 1.82) is 0 Å². The van der Waals surface area contributed by atoms with Crippen molar-refractivity contribution < 1.29 is 17.9 Å². The summed E-state index contributed by atoms with van der Waals surface area (Å²) in [5.74, 6) is 1.09. The highest BCUT2D eigenvalue weighted by Gasteiger charge is 2.26. The van der Waals surface area contributed by atoms with Gasteiger partial charge in [0, 0.05) is 31.7 Å². The van der Waals surface area contributed by atoms with Crippen LogP contribution in [0, 0.1) is 0 Å². The average Bonchev–Trinajstić information content (AvgIpc) is 2.54. The Balaban J connectivity index is 2.06. The molecule has 0 aromatic heterocycles. The summed E-state index contributed by atoms with van der Waals surface area (Å²) in [5, 5.41) is 0. The zero-order chi connectivity index (χ0) is 17.9. The lowest BCUT2D eigenvalue weighted by Crippen LogP contribution is -2.50. The van der Waals surface area contributed by atoms with Crippen molar-refractivity contribution in [3.8, 4) is 5.75 Å². The monoisotopic (exact) mass is 354 g/mol. The number of methoxy groups -OCH3 is 1. The first-order valence-electron chi connectivity index (χ1n) is 8.12. The number of hydrogen-bond acceptors (Lipinski definition) is 4. The number of piperazine rings is 1. The van der Waals surface area contributed by atoms with Gasteiger partial charge >= 0.3 is 0 Å². The van der Waals surface area contributed by atoms with E-state index in [1.54, 1.807) is 12.0 Å². The van der Waals surface area contributed by atoms with E-state index >= 15 is 0 Å². The molecule has 1 fully saturated rings. The molecule has 1 aliphatic rings. The van der Waals surface area contributed by atoms with E-state index in [0.717, 1.165) is 5.56 Å². The van der Waals surface area contributed by atoms with Gasteiger partial charge in [0.2, 0.25) is 15.9 Å². The minimum atomic E-state index is -3.18. The van der Waals surface area contributed by atoms with Crippen LogP contribution in [0.5, 0.6) is 5.75 Å². The van der Waals surface area contributed by atoms with Gasteiger partial charge < -0.3 is 9.64 Å². The number of hydrogen-bond donors (Lipinski definition) is 0. The summed E-state index contributed by atoms with van der Waals surface area (Å²) in [7, 11) is -1.58. The van der Waals surface area contributed by atoms with Crippen molar-refractivity contribution in [3.05, 3.63) is 29.3 Å². The second-order valence-electron chi connectivity index (χ2n) is 6.45. The largest absolute Gasteiger partial charge is 0.496 e. The van der Waals surface area contributed by atoms with Gasteiger partial charge in [-0.2, -0.15) is 4.31 Å². The fraction of sp³-hybridized carbons (Fsp3) is 0.588. The van der Waals surface area contributed by atoms with E-state index in [2.05, 4.69) is 13.8 Å². The van der Waals surface area contributed by atoms with Gasteiger partial charge in [-0.05, 0) is 17.5 Å². The van der Waals surface area contributed by atoms with Crippen molar-refractivity contribution >= 4 is 15.9 Å². The number of rotatable bonds is 5. The number of amides is 1. The van der Waals surface area contributed by atoms with Crippen LogP contribution in [-0.4, -0.2) is 63.1 Å². The first-order chi connectivity index (χ1) is 11.2. The summed E-state index contributed by atoms with van der Waals surface area (Å²) >= 11 is 0. The molecule has 1 amide bonds. The molecule has 1 aromatic carbocycles. The highest BCUT2D eigenvalue weighted by atomic mass is 32.2. The van der Waals surface area contributed by atoms with E-state index in [-0.39, 0.29) is 12.3 Å². The quantitative estimate of drug-likeness (QED) is 0.803. The zero-order valence-electron chi connectivity index (χ0n) is 14.8. The van der Waals surface area contributed by atoms with Gasteiger partial charge in [0.1, 0.15) is 5.75 Å². The molecule has 0 saturated carbocycles. The number of carbonyl (C=O) groups is 1. The highest BCUT2D eigenvalue weighted by Crippen LogP contribution is 2.25. The molecule has 0 radical (unpaired) electrons. The Morgan fingerprint density at radius 3 is 2.33 bits per heavy atom. The lowest BCUT2D eigenvalue weighted by molar-refractivity contribution is -0.131. The Morgan fingerprint density at radius 1 is 1.21 bits per heavy atom. The molecule has 1 aromatic rings. The molecule has 0 atom stereocenters. The smallest absolute Gasteiger partial charge is 0.227 e. The Hall–Kier alpha value is -1.60. The second kappa shape index (κ2) is 7.53.